The van der Waals surface area contributed by atoms with E-state index in [9.17, 15) is 12.8 Å². The Morgan fingerprint density at radius 3 is 2.58 bits per heavy atom. The van der Waals surface area contributed by atoms with Crippen LogP contribution < -0.4 is 0 Å². The summed E-state index contributed by atoms with van der Waals surface area (Å²) in [5.41, 5.74) is 0. The Hall–Kier alpha value is -0.490. The average Bonchev–Trinajstić information content (AvgIpc) is 1.92. The third-order valence-electron chi connectivity index (χ3n) is 1.20. The largest absolute Gasteiger partial charge is 0.227 e. The zero-order chi connectivity index (χ0) is 9.35. The molecule has 0 fully saturated rings. The van der Waals surface area contributed by atoms with Crippen molar-refractivity contribution >= 4 is 25.8 Å². The Morgan fingerprint density at radius 1 is 1.58 bits per heavy atom. The summed E-state index contributed by atoms with van der Waals surface area (Å²) < 4.78 is 34.4. The average molecular weight is 254 g/mol. The molecule has 12 heavy (non-hydrogen) atoms. The van der Waals surface area contributed by atoms with Gasteiger partial charge in [0.1, 0.15) is 0 Å². The molecule has 0 atom stereocenters. The normalized spacial score (nSPS) is 11.6. The monoisotopic (exact) mass is 253 g/mol. The first-order valence-corrected chi connectivity index (χ1v) is 5.61. The Morgan fingerprint density at radius 2 is 2.17 bits per heavy atom. The highest BCUT2D eigenvalue weighted by Gasteiger charge is 2.10. The van der Waals surface area contributed by atoms with Gasteiger partial charge in [0.05, 0.1) is 9.37 Å². The number of hydrogen-bond donors (Lipinski definition) is 0. The van der Waals surface area contributed by atoms with Crippen LogP contribution in [-0.4, -0.2) is 19.7 Å². The summed E-state index contributed by atoms with van der Waals surface area (Å²) in [4.78, 5) is 3.25. The Bertz CT molecular complexity index is 404. The molecule has 0 saturated heterocycles. The first-order valence-electron chi connectivity index (χ1n) is 2.92. The fourth-order valence-corrected chi connectivity index (χ4v) is 1.68. The Kier molecular flexibility index (Phi) is 2.48. The van der Waals surface area contributed by atoms with Gasteiger partial charge in [-0.05, 0) is 22.0 Å². The maximum absolute atomic E-state index is 12.5. The standard InChI is InChI=1S/C6H5BrFNO2S/c1-12(10,11)4-2-5(7)6(8)9-3-4/h2-3H,1H3. The van der Waals surface area contributed by atoms with Crippen molar-refractivity contribution < 1.29 is 12.8 Å². The van der Waals surface area contributed by atoms with Crippen molar-refractivity contribution in [1.82, 2.24) is 4.98 Å². The van der Waals surface area contributed by atoms with E-state index >= 15 is 0 Å². The third kappa shape index (κ3) is 2.01. The van der Waals surface area contributed by atoms with Gasteiger partial charge in [-0.3, -0.25) is 0 Å². The van der Waals surface area contributed by atoms with Crippen LogP contribution in [0.2, 0.25) is 0 Å². The molecular formula is C6H5BrFNO2S. The third-order valence-corrected chi connectivity index (χ3v) is 2.84. The van der Waals surface area contributed by atoms with E-state index in [4.69, 9.17) is 0 Å². The van der Waals surface area contributed by atoms with E-state index in [1.807, 2.05) is 0 Å². The maximum atomic E-state index is 12.5. The molecule has 0 radical (unpaired) electrons. The summed E-state index contributed by atoms with van der Waals surface area (Å²) in [6.07, 6.45) is 2.02. The molecule has 1 aromatic rings. The number of halogens is 2. The molecule has 1 heterocycles. The van der Waals surface area contributed by atoms with E-state index in [-0.39, 0.29) is 9.37 Å². The lowest BCUT2D eigenvalue weighted by molar-refractivity contribution is 0.571. The lowest BCUT2D eigenvalue weighted by Gasteiger charge is -1.97. The molecule has 1 aromatic heterocycles. The summed E-state index contributed by atoms with van der Waals surface area (Å²) in [6.45, 7) is 0. The van der Waals surface area contributed by atoms with E-state index in [0.29, 0.717) is 0 Å². The number of hydrogen-bond acceptors (Lipinski definition) is 3. The molecule has 0 aliphatic heterocycles. The Balaban J connectivity index is 3.33. The van der Waals surface area contributed by atoms with Crippen molar-refractivity contribution in [1.29, 1.82) is 0 Å². The van der Waals surface area contributed by atoms with Crippen LogP contribution >= 0.6 is 15.9 Å². The Labute approximate surface area is 77.7 Å². The lowest BCUT2D eigenvalue weighted by Crippen LogP contribution is -1.99. The van der Waals surface area contributed by atoms with Gasteiger partial charge in [0.2, 0.25) is 5.95 Å². The van der Waals surface area contributed by atoms with E-state index in [0.717, 1.165) is 12.5 Å². The summed E-state index contributed by atoms with van der Waals surface area (Å²) >= 11 is 2.84. The number of nitrogens with zero attached hydrogens (tertiary/aromatic N) is 1. The zero-order valence-electron chi connectivity index (χ0n) is 6.08. The second-order valence-corrected chi connectivity index (χ2v) is 5.09. The first kappa shape index (κ1) is 9.60. The lowest BCUT2D eigenvalue weighted by atomic mass is 10.5. The zero-order valence-corrected chi connectivity index (χ0v) is 8.49. The molecule has 0 unspecified atom stereocenters. The van der Waals surface area contributed by atoms with Crippen molar-refractivity contribution in [3.05, 3.63) is 22.7 Å². The van der Waals surface area contributed by atoms with Crippen molar-refractivity contribution in [2.75, 3.05) is 6.26 Å². The highest BCUT2D eigenvalue weighted by atomic mass is 79.9. The van der Waals surface area contributed by atoms with Gasteiger partial charge in [-0.2, -0.15) is 4.39 Å². The molecule has 1 rings (SSSR count). The van der Waals surface area contributed by atoms with Crippen LogP contribution in [0.25, 0.3) is 0 Å². The SMILES string of the molecule is CS(=O)(=O)c1cnc(F)c(Br)c1. The predicted molar refractivity (Wildman–Crippen MR) is 45.0 cm³/mol. The topological polar surface area (TPSA) is 47.0 Å². The van der Waals surface area contributed by atoms with Crippen molar-refractivity contribution in [3.63, 3.8) is 0 Å². The van der Waals surface area contributed by atoms with Gasteiger partial charge < -0.3 is 0 Å². The number of aromatic nitrogens is 1. The van der Waals surface area contributed by atoms with Gasteiger partial charge in [0, 0.05) is 12.5 Å². The molecule has 0 saturated carbocycles. The molecule has 6 heteroatoms. The number of sulfone groups is 1. The van der Waals surface area contributed by atoms with Crippen LogP contribution in [0.3, 0.4) is 0 Å². The summed E-state index contributed by atoms with van der Waals surface area (Å²) in [5.74, 6) is -0.720. The molecule has 0 aliphatic carbocycles. The molecule has 0 aromatic carbocycles. The van der Waals surface area contributed by atoms with E-state index in [1.54, 1.807) is 0 Å². The molecule has 0 amide bonds. The minimum Gasteiger partial charge on any atom is -0.226 e. The van der Waals surface area contributed by atoms with E-state index in [1.165, 1.54) is 6.07 Å². The second-order valence-electron chi connectivity index (χ2n) is 2.22. The highest BCUT2D eigenvalue weighted by Crippen LogP contribution is 2.17. The fourth-order valence-electron chi connectivity index (χ4n) is 0.606. The highest BCUT2D eigenvalue weighted by molar-refractivity contribution is 9.10. The van der Waals surface area contributed by atoms with Gasteiger partial charge in [0.15, 0.2) is 9.84 Å². The maximum Gasteiger partial charge on any atom is 0.227 e. The van der Waals surface area contributed by atoms with Crippen molar-refractivity contribution in [3.8, 4) is 0 Å². The minimum absolute atomic E-state index is 0.00391. The van der Waals surface area contributed by atoms with E-state index < -0.39 is 15.8 Å². The molecule has 0 N–H and O–H groups in total. The fraction of sp³-hybridized carbons (Fsp3) is 0.167. The van der Waals surface area contributed by atoms with Crippen LogP contribution in [0.5, 0.6) is 0 Å². The summed E-state index contributed by atoms with van der Waals surface area (Å²) in [6, 6.07) is 1.18. The smallest absolute Gasteiger partial charge is 0.226 e. The molecule has 0 spiro atoms. The minimum atomic E-state index is -3.30. The summed E-state index contributed by atoms with van der Waals surface area (Å²) in [5, 5.41) is 0. The first-order chi connectivity index (χ1) is 5.41. The molecular weight excluding hydrogens is 249 g/mol. The van der Waals surface area contributed by atoms with Gasteiger partial charge in [-0.15, -0.1) is 0 Å². The van der Waals surface area contributed by atoms with Crippen LogP contribution in [0, 0.1) is 5.95 Å². The van der Waals surface area contributed by atoms with Gasteiger partial charge in [-0.25, -0.2) is 13.4 Å². The van der Waals surface area contributed by atoms with Gasteiger partial charge in [-0.1, -0.05) is 0 Å². The van der Waals surface area contributed by atoms with Crippen LogP contribution in [-0.2, 0) is 9.84 Å². The molecule has 0 aliphatic rings. The van der Waals surface area contributed by atoms with Gasteiger partial charge >= 0.3 is 0 Å². The van der Waals surface area contributed by atoms with Crippen LogP contribution in [0.1, 0.15) is 0 Å². The van der Waals surface area contributed by atoms with Gasteiger partial charge in [0.25, 0.3) is 0 Å². The molecule has 3 nitrogen and oxygen atoms in total. The molecule has 66 valence electrons. The quantitative estimate of drug-likeness (QED) is 0.711. The molecule has 0 bridgehead atoms. The van der Waals surface area contributed by atoms with Crippen molar-refractivity contribution in [2.45, 2.75) is 4.90 Å². The van der Waals surface area contributed by atoms with Crippen molar-refractivity contribution in [2.24, 2.45) is 0 Å². The predicted octanol–water partition coefficient (Wildman–Crippen LogP) is 1.39. The van der Waals surface area contributed by atoms with Crippen LogP contribution in [0.15, 0.2) is 21.6 Å². The summed E-state index contributed by atoms with van der Waals surface area (Å²) in [7, 11) is -3.30. The number of pyridine rings is 1. The number of rotatable bonds is 1. The second kappa shape index (κ2) is 3.10. The van der Waals surface area contributed by atoms with Crippen LogP contribution in [0.4, 0.5) is 4.39 Å². The van der Waals surface area contributed by atoms with E-state index in [2.05, 4.69) is 20.9 Å².